The number of benzene rings is 1. The Balaban J connectivity index is 1.89. The van der Waals surface area contributed by atoms with Gasteiger partial charge in [-0.05, 0) is 37.8 Å². The summed E-state index contributed by atoms with van der Waals surface area (Å²) in [4.78, 5) is 12.1. The molecule has 2 rings (SSSR count). The maximum absolute atomic E-state index is 12.9. The van der Waals surface area contributed by atoms with Crippen LogP contribution in [0.4, 0.5) is 18.9 Å². The molecule has 6 heteroatoms. The van der Waals surface area contributed by atoms with E-state index in [0.29, 0.717) is 12.0 Å². The average molecular weight is 342 g/mol. The summed E-state index contributed by atoms with van der Waals surface area (Å²) in [5.74, 6) is 0.270. The molecule has 1 aliphatic rings. The van der Waals surface area contributed by atoms with Crippen LogP contribution in [0.1, 0.15) is 51.5 Å². The molecule has 0 heterocycles. The summed E-state index contributed by atoms with van der Waals surface area (Å²) in [7, 11) is 0. The second kappa shape index (κ2) is 8.01. The molecule has 1 fully saturated rings. The van der Waals surface area contributed by atoms with E-state index < -0.39 is 17.6 Å². The van der Waals surface area contributed by atoms with Gasteiger partial charge in [-0.25, -0.2) is 0 Å². The van der Waals surface area contributed by atoms with Gasteiger partial charge in [0, 0.05) is 18.5 Å². The Labute approximate surface area is 141 Å². The van der Waals surface area contributed by atoms with Crippen LogP contribution in [0.15, 0.2) is 24.3 Å². The van der Waals surface area contributed by atoms with Gasteiger partial charge in [-0.2, -0.15) is 13.2 Å². The standard InChI is InChI=1S/C18H25F3N2O/c1-12-6-5-7-14(10-12)22-13(2)11-17(24)23-16-9-4-3-8-15(16)18(19,20)21/h3-4,8-9,12-14,22H,5-7,10-11H2,1-2H3,(H,23,24). The second-order valence-electron chi connectivity index (χ2n) is 6.83. The number of hydrogen-bond donors (Lipinski definition) is 2. The van der Waals surface area contributed by atoms with E-state index in [1.165, 1.54) is 31.0 Å². The van der Waals surface area contributed by atoms with Crippen LogP contribution in [0.3, 0.4) is 0 Å². The Hall–Kier alpha value is -1.56. The summed E-state index contributed by atoms with van der Waals surface area (Å²) in [6, 6.07) is 5.36. The Morgan fingerprint density at radius 2 is 2.00 bits per heavy atom. The van der Waals surface area contributed by atoms with Crippen molar-refractivity contribution >= 4 is 11.6 Å². The lowest BCUT2D eigenvalue weighted by Gasteiger charge is -2.30. The van der Waals surface area contributed by atoms with Crippen molar-refractivity contribution in [3.63, 3.8) is 0 Å². The van der Waals surface area contributed by atoms with Gasteiger partial charge < -0.3 is 10.6 Å². The van der Waals surface area contributed by atoms with Gasteiger partial charge in [0.2, 0.25) is 5.91 Å². The number of nitrogens with one attached hydrogen (secondary N) is 2. The molecule has 2 N–H and O–H groups in total. The molecular formula is C18H25F3N2O. The lowest BCUT2D eigenvalue weighted by Crippen LogP contribution is -2.41. The second-order valence-corrected chi connectivity index (χ2v) is 6.83. The van der Waals surface area contributed by atoms with E-state index in [4.69, 9.17) is 0 Å². The minimum absolute atomic E-state index is 0.0710. The predicted octanol–water partition coefficient (Wildman–Crippen LogP) is 4.59. The van der Waals surface area contributed by atoms with Crippen LogP contribution in [0.25, 0.3) is 0 Å². The summed E-state index contributed by atoms with van der Waals surface area (Å²) in [6.07, 6.45) is 0.261. The first-order valence-corrected chi connectivity index (χ1v) is 8.48. The highest BCUT2D eigenvalue weighted by molar-refractivity contribution is 5.92. The average Bonchev–Trinajstić information content (AvgIpc) is 2.46. The Bertz CT molecular complexity index is 559. The SMILES string of the molecule is CC1CCCC(NC(C)CC(=O)Nc2ccccc2C(F)(F)F)C1. The van der Waals surface area contributed by atoms with Gasteiger partial charge in [0.1, 0.15) is 0 Å². The molecule has 3 atom stereocenters. The number of anilines is 1. The zero-order valence-corrected chi connectivity index (χ0v) is 14.1. The molecule has 134 valence electrons. The van der Waals surface area contributed by atoms with Crippen LogP contribution >= 0.6 is 0 Å². The first kappa shape index (κ1) is 18.8. The van der Waals surface area contributed by atoms with Crippen molar-refractivity contribution in [2.75, 3.05) is 5.32 Å². The van der Waals surface area contributed by atoms with E-state index >= 15 is 0 Å². The van der Waals surface area contributed by atoms with Gasteiger partial charge in [-0.3, -0.25) is 4.79 Å². The fourth-order valence-electron chi connectivity index (χ4n) is 3.37. The summed E-state index contributed by atoms with van der Waals surface area (Å²) in [5, 5.41) is 5.82. The first-order valence-electron chi connectivity index (χ1n) is 8.48. The Kier molecular flexibility index (Phi) is 6.27. The monoisotopic (exact) mass is 342 g/mol. The van der Waals surface area contributed by atoms with Crippen LogP contribution in [0.2, 0.25) is 0 Å². The maximum atomic E-state index is 12.9. The van der Waals surface area contributed by atoms with Crippen LogP contribution in [-0.2, 0) is 11.0 Å². The number of rotatable bonds is 5. The lowest BCUT2D eigenvalue weighted by atomic mass is 9.86. The van der Waals surface area contributed by atoms with Gasteiger partial charge in [-0.1, -0.05) is 31.9 Å². The van der Waals surface area contributed by atoms with Crippen molar-refractivity contribution in [3.8, 4) is 0 Å². The van der Waals surface area contributed by atoms with Crippen molar-refractivity contribution < 1.29 is 18.0 Å². The highest BCUT2D eigenvalue weighted by Gasteiger charge is 2.33. The number of alkyl halides is 3. The predicted molar refractivity (Wildman–Crippen MR) is 88.7 cm³/mol. The van der Waals surface area contributed by atoms with Crippen LogP contribution in [0.5, 0.6) is 0 Å². The summed E-state index contributed by atoms with van der Waals surface area (Å²) >= 11 is 0. The highest BCUT2D eigenvalue weighted by atomic mass is 19.4. The fraction of sp³-hybridized carbons (Fsp3) is 0.611. The molecule has 0 aromatic heterocycles. The summed E-state index contributed by atoms with van der Waals surface area (Å²) < 4.78 is 38.8. The van der Waals surface area contributed by atoms with Crippen molar-refractivity contribution in [2.45, 2.75) is 64.2 Å². The molecule has 1 amide bonds. The van der Waals surface area contributed by atoms with E-state index in [9.17, 15) is 18.0 Å². The molecule has 1 aliphatic carbocycles. The van der Waals surface area contributed by atoms with Crippen LogP contribution in [0, 0.1) is 5.92 Å². The third kappa shape index (κ3) is 5.51. The maximum Gasteiger partial charge on any atom is 0.418 e. The van der Waals surface area contributed by atoms with Gasteiger partial charge in [0.15, 0.2) is 0 Å². The smallest absolute Gasteiger partial charge is 0.325 e. The highest BCUT2D eigenvalue weighted by Crippen LogP contribution is 2.34. The molecule has 0 bridgehead atoms. The van der Waals surface area contributed by atoms with E-state index in [2.05, 4.69) is 17.6 Å². The van der Waals surface area contributed by atoms with E-state index in [-0.39, 0.29) is 18.2 Å². The first-order chi connectivity index (χ1) is 11.3. The molecular weight excluding hydrogens is 317 g/mol. The Morgan fingerprint density at radius 3 is 2.67 bits per heavy atom. The third-order valence-corrected chi connectivity index (χ3v) is 4.45. The van der Waals surface area contributed by atoms with Gasteiger partial charge in [0.05, 0.1) is 11.3 Å². The van der Waals surface area contributed by atoms with Gasteiger partial charge in [0.25, 0.3) is 0 Å². The Morgan fingerprint density at radius 1 is 1.29 bits per heavy atom. The topological polar surface area (TPSA) is 41.1 Å². The molecule has 1 aromatic rings. The molecule has 1 aromatic carbocycles. The zero-order chi connectivity index (χ0) is 17.7. The minimum atomic E-state index is -4.48. The normalized spacial score (nSPS) is 22.9. The molecule has 1 saturated carbocycles. The van der Waals surface area contributed by atoms with E-state index in [0.717, 1.165) is 18.9 Å². The number of halogens is 3. The number of hydrogen-bond acceptors (Lipinski definition) is 2. The van der Waals surface area contributed by atoms with Gasteiger partial charge >= 0.3 is 6.18 Å². The fourth-order valence-corrected chi connectivity index (χ4v) is 3.37. The van der Waals surface area contributed by atoms with Gasteiger partial charge in [-0.15, -0.1) is 0 Å². The van der Waals surface area contributed by atoms with E-state index in [1.807, 2.05) is 6.92 Å². The summed E-state index contributed by atoms with van der Waals surface area (Å²) in [5.41, 5.74) is -1.01. The summed E-state index contributed by atoms with van der Waals surface area (Å²) in [6.45, 7) is 4.12. The molecule has 0 spiro atoms. The molecule has 0 radical (unpaired) electrons. The van der Waals surface area contributed by atoms with Crippen LogP contribution in [-0.4, -0.2) is 18.0 Å². The quantitative estimate of drug-likeness (QED) is 0.822. The molecule has 3 unspecified atom stereocenters. The molecule has 0 saturated heterocycles. The molecule has 0 aliphatic heterocycles. The van der Waals surface area contributed by atoms with E-state index in [1.54, 1.807) is 0 Å². The van der Waals surface area contributed by atoms with Crippen molar-refractivity contribution in [3.05, 3.63) is 29.8 Å². The van der Waals surface area contributed by atoms with Crippen molar-refractivity contribution in [1.82, 2.24) is 5.32 Å². The molecule has 24 heavy (non-hydrogen) atoms. The molecule has 3 nitrogen and oxygen atoms in total. The van der Waals surface area contributed by atoms with Crippen LogP contribution < -0.4 is 10.6 Å². The lowest BCUT2D eigenvalue weighted by molar-refractivity contribution is -0.137. The number of carbonyl (C=O) groups excluding carboxylic acids is 1. The number of para-hydroxylation sites is 1. The van der Waals surface area contributed by atoms with Crippen molar-refractivity contribution in [2.24, 2.45) is 5.92 Å². The zero-order valence-electron chi connectivity index (χ0n) is 14.1. The number of carbonyl (C=O) groups is 1. The largest absolute Gasteiger partial charge is 0.418 e. The van der Waals surface area contributed by atoms with Crippen molar-refractivity contribution in [1.29, 1.82) is 0 Å². The third-order valence-electron chi connectivity index (χ3n) is 4.45. The number of amides is 1. The minimum Gasteiger partial charge on any atom is -0.325 e.